The van der Waals surface area contributed by atoms with Crippen LogP contribution in [0.4, 0.5) is 0 Å². The van der Waals surface area contributed by atoms with Crippen molar-refractivity contribution in [2.45, 2.75) is 19.9 Å². The number of hydrogen-bond donors (Lipinski definition) is 1. The van der Waals surface area contributed by atoms with Gasteiger partial charge in [0.05, 0.1) is 6.04 Å². The molecule has 0 saturated carbocycles. The number of carbonyl (C=O) groups is 1. The molecule has 0 radical (unpaired) electrons. The van der Waals surface area contributed by atoms with Gasteiger partial charge < -0.3 is 19.2 Å². The first-order valence-corrected chi connectivity index (χ1v) is 10.3. The third-order valence-electron chi connectivity index (χ3n) is 5.60. The number of likely N-dealkylation sites (N-methyl/N-ethyl adjacent to an activating group) is 1. The zero-order valence-corrected chi connectivity index (χ0v) is 17.7. The summed E-state index contributed by atoms with van der Waals surface area (Å²) in [6, 6.07) is 13.6. The van der Waals surface area contributed by atoms with Crippen LogP contribution in [0.1, 0.15) is 33.6 Å². The van der Waals surface area contributed by atoms with E-state index in [0.717, 1.165) is 43.3 Å². The maximum atomic E-state index is 12.7. The zero-order valence-electron chi connectivity index (χ0n) is 17.7. The standard InChI is InChI=1S/C23H28N4O3/c1-16-4-7-18(8-5-16)22-14-19(25-30-22)23(28)24-15-20(21-9-6-17(2)29-21)27-12-10-26(3)11-13-27/h4-9,14,20H,10-13,15H2,1-3H3,(H,24,28)/t20-/m1/s1. The van der Waals surface area contributed by atoms with Crippen LogP contribution in [-0.4, -0.2) is 60.6 Å². The Balaban J connectivity index is 1.44. The van der Waals surface area contributed by atoms with E-state index in [0.29, 0.717) is 12.3 Å². The number of aryl methyl sites for hydroxylation is 2. The minimum atomic E-state index is -0.250. The summed E-state index contributed by atoms with van der Waals surface area (Å²) in [5.41, 5.74) is 2.34. The third kappa shape index (κ3) is 4.63. The molecule has 4 rings (SSSR count). The molecule has 1 aromatic carbocycles. The Bertz CT molecular complexity index is 984. The summed E-state index contributed by atoms with van der Waals surface area (Å²) >= 11 is 0. The Morgan fingerprint density at radius 1 is 1.10 bits per heavy atom. The summed E-state index contributed by atoms with van der Waals surface area (Å²) < 4.78 is 11.3. The van der Waals surface area contributed by atoms with E-state index in [1.54, 1.807) is 6.07 Å². The highest BCUT2D eigenvalue weighted by atomic mass is 16.5. The molecule has 0 aliphatic carbocycles. The Hall–Kier alpha value is -2.90. The number of hydrogen-bond acceptors (Lipinski definition) is 6. The molecule has 1 saturated heterocycles. The first-order chi connectivity index (χ1) is 14.5. The van der Waals surface area contributed by atoms with Crippen molar-refractivity contribution in [2.75, 3.05) is 39.8 Å². The molecule has 7 heteroatoms. The number of nitrogens with one attached hydrogen (secondary N) is 1. The fraction of sp³-hybridized carbons (Fsp3) is 0.391. The van der Waals surface area contributed by atoms with Crippen molar-refractivity contribution >= 4 is 5.91 Å². The lowest BCUT2D eigenvalue weighted by Crippen LogP contribution is -2.48. The van der Waals surface area contributed by atoms with E-state index in [9.17, 15) is 4.79 Å². The van der Waals surface area contributed by atoms with Crippen molar-refractivity contribution in [2.24, 2.45) is 0 Å². The second-order valence-electron chi connectivity index (χ2n) is 7.96. The van der Waals surface area contributed by atoms with Crippen molar-refractivity contribution in [3.63, 3.8) is 0 Å². The molecule has 30 heavy (non-hydrogen) atoms. The lowest BCUT2D eigenvalue weighted by Gasteiger charge is -2.37. The second-order valence-corrected chi connectivity index (χ2v) is 7.96. The van der Waals surface area contributed by atoms with Gasteiger partial charge in [-0.25, -0.2) is 0 Å². The van der Waals surface area contributed by atoms with Gasteiger partial charge >= 0.3 is 0 Å². The van der Waals surface area contributed by atoms with Gasteiger partial charge in [-0.05, 0) is 33.0 Å². The lowest BCUT2D eigenvalue weighted by atomic mass is 10.1. The molecule has 0 bridgehead atoms. The Labute approximate surface area is 176 Å². The summed E-state index contributed by atoms with van der Waals surface area (Å²) in [7, 11) is 2.13. The van der Waals surface area contributed by atoms with Crippen LogP contribution in [0.15, 0.2) is 51.4 Å². The summed E-state index contributed by atoms with van der Waals surface area (Å²) in [4.78, 5) is 17.4. The predicted molar refractivity (Wildman–Crippen MR) is 114 cm³/mol. The molecule has 1 fully saturated rings. The molecular weight excluding hydrogens is 380 g/mol. The van der Waals surface area contributed by atoms with Gasteiger partial charge in [-0.1, -0.05) is 35.0 Å². The average Bonchev–Trinajstić information content (AvgIpc) is 3.39. The molecule has 3 aromatic rings. The average molecular weight is 409 g/mol. The molecule has 2 aromatic heterocycles. The minimum Gasteiger partial charge on any atom is -0.465 e. The molecule has 3 heterocycles. The summed E-state index contributed by atoms with van der Waals surface area (Å²) in [6.45, 7) is 8.25. The van der Waals surface area contributed by atoms with Gasteiger partial charge in [0, 0.05) is 44.4 Å². The van der Waals surface area contributed by atoms with E-state index in [1.807, 2.05) is 50.2 Å². The number of carbonyl (C=O) groups excluding carboxylic acids is 1. The highest BCUT2D eigenvalue weighted by Gasteiger charge is 2.27. The largest absolute Gasteiger partial charge is 0.465 e. The van der Waals surface area contributed by atoms with Crippen LogP contribution in [0.2, 0.25) is 0 Å². The van der Waals surface area contributed by atoms with Gasteiger partial charge in [-0.2, -0.15) is 0 Å². The molecule has 0 unspecified atom stereocenters. The van der Waals surface area contributed by atoms with E-state index in [4.69, 9.17) is 8.94 Å². The van der Waals surface area contributed by atoms with Crippen molar-refractivity contribution in [3.8, 4) is 11.3 Å². The predicted octanol–water partition coefficient (Wildman–Crippen LogP) is 3.27. The van der Waals surface area contributed by atoms with Gasteiger partial charge in [0.25, 0.3) is 5.91 Å². The molecule has 1 atom stereocenters. The fourth-order valence-electron chi connectivity index (χ4n) is 3.69. The van der Waals surface area contributed by atoms with Gasteiger partial charge in [-0.3, -0.25) is 9.69 Å². The van der Waals surface area contributed by atoms with Crippen LogP contribution in [-0.2, 0) is 0 Å². The molecule has 1 amide bonds. The smallest absolute Gasteiger partial charge is 0.273 e. The maximum Gasteiger partial charge on any atom is 0.273 e. The zero-order chi connectivity index (χ0) is 21.1. The Kier molecular flexibility index (Phi) is 6.01. The second kappa shape index (κ2) is 8.85. The molecule has 158 valence electrons. The van der Waals surface area contributed by atoms with Crippen LogP contribution >= 0.6 is 0 Å². The minimum absolute atomic E-state index is 0.0141. The highest BCUT2D eigenvalue weighted by molar-refractivity contribution is 5.93. The SMILES string of the molecule is Cc1ccc(-c2cc(C(=O)NC[C@H](c3ccc(C)o3)N3CCN(C)CC3)no2)cc1. The normalized spacial score (nSPS) is 16.5. The number of aromatic nitrogens is 1. The molecule has 1 aliphatic heterocycles. The van der Waals surface area contributed by atoms with Gasteiger partial charge in [0.15, 0.2) is 11.5 Å². The number of piperazine rings is 1. The van der Waals surface area contributed by atoms with Crippen LogP contribution in [0.25, 0.3) is 11.3 Å². The molecule has 7 nitrogen and oxygen atoms in total. The van der Waals surface area contributed by atoms with Crippen LogP contribution in [0.3, 0.4) is 0 Å². The molecule has 1 aliphatic rings. The number of nitrogens with zero attached hydrogens (tertiary/aromatic N) is 3. The van der Waals surface area contributed by atoms with E-state index < -0.39 is 0 Å². The van der Waals surface area contributed by atoms with Crippen LogP contribution in [0.5, 0.6) is 0 Å². The fourth-order valence-corrected chi connectivity index (χ4v) is 3.69. The van der Waals surface area contributed by atoms with Crippen molar-refractivity contribution in [3.05, 3.63) is 65.2 Å². The van der Waals surface area contributed by atoms with Gasteiger partial charge in [-0.15, -0.1) is 0 Å². The third-order valence-corrected chi connectivity index (χ3v) is 5.60. The topological polar surface area (TPSA) is 74.8 Å². The first kappa shape index (κ1) is 20.4. The number of benzene rings is 1. The van der Waals surface area contributed by atoms with Gasteiger partial charge in [0.2, 0.25) is 0 Å². The lowest BCUT2D eigenvalue weighted by molar-refractivity contribution is 0.0843. The first-order valence-electron chi connectivity index (χ1n) is 10.3. The van der Waals surface area contributed by atoms with Crippen LogP contribution < -0.4 is 5.32 Å². The van der Waals surface area contributed by atoms with Crippen molar-refractivity contribution in [1.29, 1.82) is 0 Å². The summed E-state index contributed by atoms with van der Waals surface area (Å²) in [5, 5.41) is 6.97. The van der Waals surface area contributed by atoms with E-state index in [2.05, 4.69) is 27.3 Å². The Morgan fingerprint density at radius 3 is 2.50 bits per heavy atom. The van der Waals surface area contributed by atoms with Crippen molar-refractivity contribution < 1.29 is 13.7 Å². The summed E-state index contributed by atoms with van der Waals surface area (Å²) in [5.74, 6) is 2.07. The van der Waals surface area contributed by atoms with Gasteiger partial charge in [0.1, 0.15) is 11.5 Å². The molecule has 0 spiro atoms. The molecular formula is C23H28N4O3. The van der Waals surface area contributed by atoms with E-state index in [1.165, 1.54) is 5.56 Å². The maximum absolute atomic E-state index is 12.7. The number of amides is 1. The Morgan fingerprint density at radius 2 is 1.83 bits per heavy atom. The quantitative estimate of drug-likeness (QED) is 0.675. The highest BCUT2D eigenvalue weighted by Crippen LogP contribution is 2.24. The van der Waals surface area contributed by atoms with E-state index in [-0.39, 0.29) is 17.6 Å². The van der Waals surface area contributed by atoms with Crippen molar-refractivity contribution in [1.82, 2.24) is 20.3 Å². The van der Waals surface area contributed by atoms with Crippen LogP contribution in [0, 0.1) is 13.8 Å². The monoisotopic (exact) mass is 408 g/mol. The number of rotatable bonds is 6. The number of furan rings is 1. The van der Waals surface area contributed by atoms with E-state index >= 15 is 0 Å². The summed E-state index contributed by atoms with van der Waals surface area (Å²) in [6.07, 6.45) is 0. The molecule has 1 N–H and O–H groups in total.